The molecule has 0 aliphatic rings. The molecule has 2 aromatic carbocycles. The van der Waals surface area contributed by atoms with Crippen molar-refractivity contribution in [1.29, 1.82) is 0 Å². The molecule has 0 bridgehead atoms. The van der Waals surface area contributed by atoms with Crippen LogP contribution in [0.2, 0.25) is 0 Å². The first kappa shape index (κ1) is 9.85. The van der Waals surface area contributed by atoms with Gasteiger partial charge in [-0.25, -0.2) is 4.98 Å². The first-order valence-electron chi connectivity index (χ1n) is 5.67. The van der Waals surface area contributed by atoms with Gasteiger partial charge in [-0.05, 0) is 18.2 Å². The van der Waals surface area contributed by atoms with E-state index in [4.69, 9.17) is 4.42 Å². The van der Waals surface area contributed by atoms with Gasteiger partial charge in [0.2, 0.25) is 5.89 Å². The van der Waals surface area contributed by atoms with Crippen LogP contribution in [0.4, 0.5) is 0 Å². The second-order valence-electron chi connectivity index (χ2n) is 4.06. The van der Waals surface area contributed by atoms with Crippen molar-refractivity contribution < 1.29 is 4.42 Å². The minimum absolute atomic E-state index is 0.647. The maximum atomic E-state index is 5.78. The summed E-state index contributed by atoms with van der Waals surface area (Å²) in [6.45, 7) is 0. The molecule has 1 radical (unpaired) electrons. The summed E-state index contributed by atoms with van der Waals surface area (Å²) in [6, 6.07) is 16.0. The molecule has 0 spiro atoms. The second kappa shape index (κ2) is 3.68. The summed E-state index contributed by atoms with van der Waals surface area (Å²) in [4.78, 5) is 4.51. The molecule has 2 heterocycles. The fourth-order valence-corrected chi connectivity index (χ4v) is 2.90. The quantitative estimate of drug-likeness (QED) is 0.496. The van der Waals surface area contributed by atoms with Gasteiger partial charge < -0.3 is 4.42 Å². The summed E-state index contributed by atoms with van der Waals surface area (Å²) >= 11 is 1.59. The van der Waals surface area contributed by atoms with Gasteiger partial charge >= 0.3 is 0 Å². The zero-order valence-electron chi connectivity index (χ0n) is 9.38. The van der Waals surface area contributed by atoms with E-state index >= 15 is 0 Å². The molecule has 85 valence electrons. The van der Waals surface area contributed by atoms with E-state index in [0.29, 0.717) is 5.89 Å². The molecule has 18 heavy (non-hydrogen) atoms. The van der Waals surface area contributed by atoms with Crippen molar-refractivity contribution in [3.8, 4) is 11.5 Å². The maximum Gasteiger partial charge on any atom is 0.229 e. The van der Waals surface area contributed by atoms with Crippen LogP contribution in [0.1, 0.15) is 0 Å². The van der Waals surface area contributed by atoms with Crippen LogP contribution in [0.3, 0.4) is 0 Å². The van der Waals surface area contributed by atoms with Crippen LogP contribution < -0.4 is 0 Å². The summed E-state index contributed by atoms with van der Waals surface area (Å²) in [5.41, 5.74) is 2.65. The molecule has 3 heteroatoms. The van der Waals surface area contributed by atoms with Crippen molar-refractivity contribution in [1.82, 2.24) is 4.98 Å². The van der Waals surface area contributed by atoms with Crippen molar-refractivity contribution in [3.63, 3.8) is 0 Å². The van der Waals surface area contributed by atoms with Crippen LogP contribution in [0.15, 0.2) is 52.9 Å². The Hall–Kier alpha value is -2.13. The van der Waals surface area contributed by atoms with Crippen LogP contribution in [0.5, 0.6) is 0 Å². The maximum absolute atomic E-state index is 5.78. The Kier molecular flexibility index (Phi) is 2.02. The summed E-state index contributed by atoms with van der Waals surface area (Å²) in [6.07, 6.45) is 0. The molecule has 0 saturated carbocycles. The normalized spacial score (nSPS) is 11.3. The van der Waals surface area contributed by atoms with Crippen molar-refractivity contribution >= 4 is 32.5 Å². The number of para-hydroxylation sites is 2. The van der Waals surface area contributed by atoms with Gasteiger partial charge in [-0.15, -0.1) is 11.3 Å². The first-order valence-corrected chi connectivity index (χ1v) is 6.48. The average Bonchev–Trinajstić information content (AvgIpc) is 3.02. The van der Waals surface area contributed by atoms with E-state index in [0.717, 1.165) is 22.0 Å². The summed E-state index contributed by atoms with van der Waals surface area (Å²) < 4.78 is 6.99. The number of thiophene rings is 1. The molecule has 4 aromatic rings. The number of aromatic nitrogens is 1. The third-order valence-corrected chi connectivity index (χ3v) is 3.81. The number of rotatable bonds is 1. The minimum Gasteiger partial charge on any atom is -0.436 e. The van der Waals surface area contributed by atoms with Crippen LogP contribution in [0, 0.1) is 5.38 Å². The average molecular weight is 250 g/mol. The largest absolute Gasteiger partial charge is 0.436 e. The molecule has 0 aliphatic carbocycles. The SMILES string of the molecule is [c]1sc2ccccc2c1-c1nc2ccccc2o1. The standard InChI is InChI=1S/C15H8NOS/c1-4-8-14-10(5-1)11(9-18-14)15-16-12-6-2-3-7-13(12)17-15/h1-8H. The Morgan fingerprint density at radius 3 is 2.78 bits per heavy atom. The zero-order chi connectivity index (χ0) is 11.9. The lowest BCUT2D eigenvalue weighted by atomic mass is 10.2. The van der Waals surface area contributed by atoms with E-state index in [9.17, 15) is 0 Å². The van der Waals surface area contributed by atoms with Gasteiger partial charge in [0.1, 0.15) is 5.52 Å². The van der Waals surface area contributed by atoms with Gasteiger partial charge in [-0.2, -0.15) is 0 Å². The van der Waals surface area contributed by atoms with Crippen molar-refractivity contribution in [3.05, 3.63) is 53.9 Å². The monoisotopic (exact) mass is 250 g/mol. The second-order valence-corrected chi connectivity index (χ2v) is 4.91. The minimum atomic E-state index is 0.647. The number of hydrogen-bond donors (Lipinski definition) is 0. The van der Waals surface area contributed by atoms with E-state index in [1.807, 2.05) is 36.4 Å². The molecule has 0 unspecified atom stereocenters. The predicted molar refractivity (Wildman–Crippen MR) is 73.7 cm³/mol. The molecule has 2 aromatic heterocycles. The summed E-state index contributed by atoms with van der Waals surface area (Å²) in [5, 5.41) is 4.42. The Morgan fingerprint density at radius 1 is 1.00 bits per heavy atom. The van der Waals surface area contributed by atoms with E-state index in [1.165, 1.54) is 4.70 Å². The van der Waals surface area contributed by atoms with E-state index in [2.05, 4.69) is 22.5 Å². The van der Waals surface area contributed by atoms with Crippen LogP contribution in [-0.4, -0.2) is 4.98 Å². The van der Waals surface area contributed by atoms with Crippen LogP contribution in [0.25, 0.3) is 32.6 Å². The topological polar surface area (TPSA) is 26.0 Å². The Morgan fingerprint density at radius 2 is 1.83 bits per heavy atom. The molecule has 4 rings (SSSR count). The highest BCUT2D eigenvalue weighted by Crippen LogP contribution is 2.34. The van der Waals surface area contributed by atoms with Crippen molar-refractivity contribution in [2.24, 2.45) is 0 Å². The highest BCUT2D eigenvalue weighted by atomic mass is 32.1. The zero-order valence-corrected chi connectivity index (χ0v) is 10.2. The lowest BCUT2D eigenvalue weighted by Gasteiger charge is -1.91. The van der Waals surface area contributed by atoms with Crippen molar-refractivity contribution in [2.45, 2.75) is 0 Å². The fraction of sp³-hybridized carbons (Fsp3) is 0. The molecule has 0 aliphatic heterocycles. The smallest absolute Gasteiger partial charge is 0.229 e. The molecule has 0 saturated heterocycles. The number of nitrogens with zero attached hydrogens (tertiary/aromatic N) is 1. The Bertz CT molecular complexity index is 811. The molecular formula is C15H8NOS. The lowest BCUT2D eigenvalue weighted by molar-refractivity contribution is 0.621. The highest BCUT2D eigenvalue weighted by Gasteiger charge is 2.12. The van der Waals surface area contributed by atoms with Gasteiger partial charge in [0.05, 0.1) is 10.9 Å². The van der Waals surface area contributed by atoms with E-state index in [1.54, 1.807) is 11.3 Å². The number of hydrogen-bond acceptors (Lipinski definition) is 3. The number of fused-ring (bicyclic) bond motifs is 2. The van der Waals surface area contributed by atoms with E-state index < -0.39 is 0 Å². The highest BCUT2D eigenvalue weighted by molar-refractivity contribution is 7.17. The number of benzene rings is 2. The molecule has 0 amide bonds. The molecular weight excluding hydrogens is 242 g/mol. The van der Waals surface area contributed by atoms with Gasteiger partial charge in [0.25, 0.3) is 0 Å². The van der Waals surface area contributed by atoms with Gasteiger partial charge in [-0.1, -0.05) is 30.3 Å². The van der Waals surface area contributed by atoms with Gasteiger partial charge in [-0.3, -0.25) is 0 Å². The van der Waals surface area contributed by atoms with Gasteiger partial charge in [0.15, 0.2) is 5.58 Å². The van der Waals surface area contributed by atoms with Crippen LogP contribution >= 0.6 is 11.3 Å². The first-order chi connectivity index (χ1) is 8.92. The predicted octanol–water partition coefficient (Wildman–Crippen LogP) is 4.51. The molecule has 2 nitrogen and oxygen atoms in total. The fourth-order valence-electron chi connectivity index (χ4n) is 2.06. The number of oxazole rings is 1. The third kappa shape index (κ3) is 1.38. The molecule has 0 N–H and O–H groups in total. The van der Waals surface area contributed by atoms with Crippen molar-refractivity contribution in [2.75, 3.05) is 0 Å². The summed E-state index contributed by atoms with van der Waals surface area (Å²) in [5.74, 6) is 0.647. The summed E-state index contributed by atoms with van der Waals surface area (Å²) in [7, 11) is 0. The van der Waals surface area contributed by atoms with Crippen LogP contribution in [-0.2, 0) is 0 Å². The molecule has 0 atom stereocenters. The van der Waals surface area contributed by atoms with E-state index in [-0.39, 0.29) is 0 Å². The molecule has 0 fully saturated rings. The Labute approximate surface area is 108 Å². The Balaban J connectivity index is 2.01. The lowest BCUT2D eigenvalue weighted by Crippen LogP contribution is -1.73. The van der Waals surface area contributed by atoms with Gasteiger partial charge in [0, 0.05) is 10.1 Å². The third-order valence-electron chi connectivity index (χ3n) is 2.93.